The van der Waals surface area contributed by atoms with Gasteiger partial charge in [-0.3, -0.25) is 4.79 Å². The first-order valence-corrected chi connectivity index (χ1v) is 9.04. The molecule has 1 fully saturated rings. The molecule has 6 heteroatoms. The first-order chi connectivity index (χ1) is 13.0. The molecule has 1 heterocycles. The summed E-state index contributed by atoms with van der Waals surface area (Å²) in [6.07, 6.45) is 0.599. The Balaban J connectivity index is 1.53. The molecule has 0 radical (unpaired) electrons. The number of carbonyl (C=O) groups excluding carboxylic acids is 2. The van der Waals surface area contributed by atoms with E-state index in [0.29, 0.717) is 19.5 Å². The Morgan fingerprint density at radius 3 is 2.56 bits per heavy atom. The van der Waals surface area contributed by atoms with Gasteiger partial charge in [-0.1, -0.05) is 18.2 Å². The van der Waals surface area contributed by atoms with Crippen LogP contribution in [0.5, 0.6) is 5.75 Å². The predicted molar refractivity (Wildman–Crippen MR) is 105 cm³/mol. The van der Waals surface area contributed by atoms with Crippen LogP contribution < -0.4 is 20.3 Å². The van der Waals surface area contributed by atoms with Crippen molar-refractivity contribution >= 4 is 17.6 Å². The van der Waals surface area contributed by atoms with Gasteiger partial charge in [0.15, 0.2) is 0 Å². The lowest BCUT2D eigenvalue weighted by atomic mass is 10.1. The van der Waals surface area contributed by atoms with Crippen LogP contribution in [0.3, 0.4) is 0 Å². The Bertz CT molecular complexity index is 833. The summed E-state index contributed by atoms with van der Waals surface area (Å²) in [5.74, 6) is 0.698. The minimum Gasteiger partial charge on any atom is -0.497 e. The summed E-state index contributed by atoms with van der Waals surface area (Å²) < 4.78 is 5.11. The maximum atomic E-state index is 12.7. The van der Waals surface area contributed by atoms with E-state index in [4.69, 9.17) is 4.74 Å². The molecule has 1 atom stereocenters. The lowest BCUT2D eigenvalue weighted by molar-refractivity contribution is -0.118. The van der Waals surface area contributed by atoms with Gasteiger partial charge >= 0.3 is 6.03 Å². The second kappa shape index (κ2) is 8.12. The van der Waals surface area contributed by atoms with Gasteiger partial charge in [-0.2, -0.15) is 0 Å². The molecule has 3 amide bonds. The molecule has 3 rings (SSSR count). The smallest absolute Gasteiger partial charge is 0.315 e. The number of nitrogens with one attached hydrogen (secondary N) is 2. The van der Waals surface area contributed by atoms with Crippen LogP contribution in [-0.2, 0) is 11.3 Å². The van der Waals surface area contributed by atoms with E-state index in [1.807, 2.05) is 56.3 Å². The zero-order valence-corrected chi connectivity index (χ0v) is 15.9. The number of nitrogens with zero attached hydrogens (tertiary/aromatic N) is 1. The monoisotopic (exact) mass is 367 g/mol. The Kier molecular flexibility index (Phi) is 5.64. The van der Waals surface area contributed by atoms with Crippen molar-refractivity contribution < 1.29 is 14.3 Å². The summed E-state index contributed by atoms with van der Waals surface area (Å²) in [6, 6.07) is 12.6. The zero-order chi connectivity index (χ0) is 19.4. The number of hydrogen-bond donors (Lipinski definition) is 2. The summed E-state index contributed by atoms with van der Waals surface area (Å²) in [4.78, 5) is 26.6. The third-order valence-electron chi connectivity index (χ3n) is 4.93. The molecule has 0 aromatic heterocycles. The lowest BCUT2D eigenvalue weighted by Gasteiger charge is -2.18. The van der Waals surface area contributed by atoms with Gasteiger partial charge in [-0.25, -0.2) is 4.79 Å². The number of urea groups is 1. The van der Waals surface area contributed by atoms with Gasteiger partial charge in [0.1, 0.15) is 11.8 Å². The zero-order valence-electron chi connectivity index (χ0n) is 15.9. The summed E-state index contributed by atoms with van der Waals surface area (Å²) in [5.41, 5.74) is 4.18. The van der Waals surface area contributed by atoms with Gasteiger partial charge in [0.25, 0.3) is 0 Å². The first kappa shape index (κ1) is 18.8. The summed E-state index contributed by atoms with van der Waals surface area (Å²) in [7, 11) is 1.61. The number of carbonyl (C=O) groups is 2. The Morgan fingerprint density at radius 2 is 1.89 bits per heavy atom. The van der Waals surface area contributed by atoms with Crippen molar-refractivity contribution in [2.75, 3.05) is 18.6 Å². The predicted octanol–water partition coefficient (Wildman–Crippen LogP) is 2.92. The largest absolute Gasteiger partial charge is 0.497 e. The number of methoxy groups -OCH3 is 1. The number of ether oxygens (including phenoxy) is 1. The van der Waals surface area contributed by atoms with Crippen LogP contribution in [0.25, 0.3) is 0 Å². The third-order valence-corrected chi connectivity index (χ3v) is 4.93. The van der Waals surface area contributed by atoms with Gasteiger partial charge in [-0.15, -0.1) is 0 Å². The van der Waals surface area contributed by atoms with Crippen molar-refractivity contribution in [3.05, 3.63) is 59.2 Å². The summed E-state index contributed by atoms with van der Waals surface area (Å²) in [5, 5.41) is 5.57. The number of rotatable bonds is 5. The molecule has 142 valence electrons. The fourth-order valence-corrected chi connectivity index (χ4v) is 3.10. The first-order valence-electron chi connectivity index (χ1n) is 9.04. The third kappa shape index (κ3) is 4.39. The summed E-state index contributed by atoms with van der Waals surface area (Å²) >= 11 is 0. The van der Waals surface area contributed by atoms with Crippen molar-refractivity contribution in [2.45, 2.75) is 32.9 Å². The lowest BCUT2D eigenvalue weighted by Crippen LogP contribution is -2.45. The van der Waals surface area contributed by atoms with E-state index in [9.17, 15) is 9.59 Å². The van der Waals surface area contributed by atoms with E-state index in [1.54, 1.807) is 12.0 Å². The van der Waals surface area contributed by atoms with Crippen LogP contribution in [0, 0.1) is 13.8 Å². The number of benzene rings is 2. The van der Waals surface area contributed by atoms with Gasteiger partial charge in [-0.05, 0) is 61.2 Å². The molecular formula is C21H25N3O3. The molecule has 0 aliphatic carbocycles. The molecule has 0 bridgehead atoms. The van der Waals surface area contributed by atoms with Crippen molar-refractivity contribution in [3.63, 3.8) is 0 Å². The Labute approximate surface area is 159 Å². The van der Waals surface area contributed by atoms with Crippen LogP contribution in [-0.4, -0.2) is 31.6 Å². The number of aryl methyl sites for hydroxylation is 2. The van der Waals surface area contributed by atoms with Crippen molar-refractivity contribution in [3.8, 4) is 5.75 Å². The second-order valence-electron chi connectivity index (χ2n) is 6.77. The maximum Gasteiger partial charge on any atom is 0.315 e. The van der Waals surface area contributed by atoms with E-state index in [1.165, 1.54) is 5.56 Å². The van der Waals surface area contributed by atoms with E-state index in [2.05, 4.69) is 10.6 Å². The fourth-order valence-electron chi connectivity index (χ4n) is 3.10. The fraction of sp³-hybridized carbons (Fsp3) is 0.333. The Morgan fingerprint density at radius 1 is 1.15 bits per heavy atom. The highest BCUT2D eigenvalue weighted by Gasteiger charge is 2.33. The topological polar surface area (TPSA) is 70.7 Å². The van der Waals surface area contributed by atoms with E-state index in [0.717, 1.165) is 22.6 Å². The van der Waals surface area contributed by atoms with Crippen LogP contribution in [0.4, 0.5) is 10.5 Å². The minimum absolute atomic E-state index is 0.0714. The average molecular weight is 367 g/mol. The van der Waals surface area contributed by atoms with Crippen LogP contribution in [0.2, 0.25) is 0 Å². The number of hydrogen-bond acceptors (Lipinski definition) is 3. The highest BCUT2D eigenvalue weighted by Crippen LogP contribution is 2.24. The average Bonchev–Trinajstić information content (AvgIpc) is 3.03. The molecule has 6 nitrogen and oxygen atoms in total. The second-order valence-corrected chi connectivity index (χ2v) is 6.77. The molecule has 0 unspecified atom stereocenters. The van der Waals surface area contributed by atoms with Crippen molar-refractivity contribution in [1.29, 1.82) is 0 Å². The van der Waals surface area contributed by atoms with Crippen LogP contribution in [0.1, 0.15) is 23.1 Å². The Hall–Kier alpha value is -3.02. The van der Waals surface area contributed by atoms with E-state index < -0.39 is 6.04 Å². The van der Waals surface area contributed by atoms with Gasteiger partial charge < -0.3 is 20.3 Å². The minimum atomic E-state index is -0.498. The van der Waals surface area contributed by atoms with Gasteiger partial charge in [0.2, 0.25) is 5.91 Å². The maximum absolute atomic E-state index is 12.7. The molecule has 0 spiro atoms. The molecule has 1 aliphatic heterocycles. The van der Waals surface area contributed by atoms with E-state index >= 15 is 0 Å². The van der Waals surface area contributed by atoms with Crippen molar-refractivity contribution in [2.24, 2.45) is 0 Å². The standard InChI is InChI=1S/C21H25N3O3/c1-14-4-7-17(12-15(14)2)24-11-10-19(20(24)25)23-21(26)22-13-16-5-8-18(27-3)9-6-16/h4-9,12,19H,10-11,13H2,1-3H3,(H2,22,23,26)/t19-/m0/s1. The van der Waals surface area contributed by atoms with Gasteiger partial charge in [0.05, 0.1) is 7.11 Å². The van der Waals surface area contributed by atoms with Crippen molar-refractivity contribution in [1.82, 2.24) is 10.6 Å². The molecule has 1 aliphatic rings. The van der Waals surface area contributed by atoms with Crippen LogP contribution in [0.15, 0.2) is 42.5 Å². The highest BCUT2D eigenvalue weighted by atomic mass is 16.5. The molecule has 1 saturated heterocycles. The molecule has 0 saturated carbocycles. The van der Waals surface area contributed by atoms with Crippen LogP contribution >= 0.6 is 0 Å². The normalized spacial score (nSPS) is 16.3. The number of anilines is 1. The molecule has 2 N–H and O–H groups in total. The molecule has 2 aromatic carbocycles. The molecule has 27 heavy (non-hydrogen) atoms. The van der Waals surface area contributed by atoms with Gasteiger partial charge in [0, 0.05) is 18.8 Å². The molecule has 2 aromatic rings. The number of amides is 3. The highest BCUT2D eigenvalue weighted by molar-refractivity contribution is 6.01. The van der Waals surface area contributed by atoms with E-state index in [-0.39, 0.29) is 11.9 Å². The summed E-state index contributed by atoms with van der Waals surface area (Å²) in [6.45, 7) is 5.06. The quantitative estimate of drug-likeness (QED) is 0.854. The molecular weight excluding hydrogens is 342 g/mol. The SMILES string of the molecule is COc1ccc(CNC(=O)N[C@H]2CCN(c3ccc(C)c(C)c3)C2=O)cc1.